The second kappa shape index (κ2) is 4.26. The van der Waals surface area contributed by atoms with E-state index in [0.717, 1.165) is 6.07 Å². The molecule has 0 aliphatic carbocycles. The summed E-state index contributed by atoms with van der Waals surface area (Å²) in [6.45, 7) is -0.256. The van der Waals surface area contributed by atoms with Crippen molar-refractivity contribution < 1.29 is 18.1 Å². The highest BCUT2D eigenvalue weighted by Crippen LogP contribution is 2.38. The quantitative estimate of drug-likeness (QED) is 0.652. The minimum absolute atomic E-state index is 0.0389. The van der Waals surface area contributed by atoms with Crippen LogP contribution in [0.3, 0.4) is 0 Å². The fourth-order valence-corrected chi connectivity index (χ4v) is 1.45. The Labute approximate surface area is 93.0 Å². The monoisotopic (exact) mass is 254 g/mol. The van der Waals surface area contributed by atoms with E-state index in [4.69, 9.17) is 17.3 Å². The van der Waals surface area contributed by atoms with Crippen LogP contribution in [0.2, 0.25) is 5.02 Å². The number of halogens is 4. The van der Waals surface area contributed by atoms with Gasteiger partial charge in [-0.3, -0.25) is 10.1 Å². The molecule has 0 heterocycles. The molecule has 0 aliphatic rings. The molecule has 8 heteroatoms. The molecule has 1 rings (SSSR count). The third-order valence-corrected chi connectivity index (χ3v) is 2.20. The Kier molecular flexibility index (Phi) is 3.39. The summed E-state index contributed by atoms with van der Waals surface area (Å²) in [5.74, 6) is 0. The molecule has 0 saturated carbocycles. The normalized spacial score (nSPS) is 11.6. The molecule has 2 N–H and O–H groups in total. The van der Waals surface area contributed by atoms with E-state index in [9.17, 15) is 23.3 Å². The summed E-state index contributed by atoms with van der Waals surface area (Å²) in [5, 5.41) is 9.91. The lowest BCUT2D eigenvalue weighted by Gasteiger charge is -2.10. The van der Waals surface area contributed by atoms with Crippen molar-refractivity contribution in [3.8, 4) is 0 Å². The maximum Gasteiger partial charge on any atom is 0.418 e. The number of hydrogen-bond acceptors (Lipinski definition) is 3. The van der Waals surface area contributed by atoms with Crippen molar-refractivity contribution in [2.24, 2.45) is 5.73 Å². The van der Waals surface area contributed by atoms with Crippen molar-refractivity contribution in [1.82, 2.24) is 0 Å². The van der Waals surface area contributed by atoms with Gasteiger partial charge in [0.05, 0.1) is 15.5 Å². The van der Waals surface area contributed by atoms with Crippen molar-refractivity contribution in [2.75, 3.05) is 0 Å². The number of rotatable bonds is 2. The molecule has 0 spiro atoms. The van der Waals surface area contributed by atoms with Gasteiger partial charge in [-0.05, 0) is 6.07 Å². The van der Waals surface area contributed by atoms with Crippen LogP contribution in [-0.4, -0.2) is 4.92 Å². The Morgan fingerprint density at radius 1 is 1.44 bits per heavy atom. The lowest BCUT2D eigenvalue weighted by molar-refractivity contribution is -0.385. The molecule has 1 aromatic carbocycles. The molecular weight excluding hydrogens is 249 g/mol. The van der Waals surface area contributed by atoms with Crippen molar-refractivity contribution >= 4 is 17.3 Å². The minimum atomic E-state index is -4.73. The number of hydrogen-bond donors (Lipinski definition) is 1. The van der Waals surface area contributed by atoms with Gasteiger partial charge in [-0.1, -0.05) is 11.6 Å². The van der Waals surface area contributed by atoms with Gasteiger partial charge in [0.1, 0.15) is 0 Å². The number of nitro groups is 1. The van der Waals surface area contributed by atoms with Gasteiger partial charge in [-0.25, -0.2) is 0 Å². The van der Waals surface area contributed by atoms with Gasteiger partial charge in [0.2, 0.25) is 0 Å². The highest BCUT2D eigenvalue weighted by Gasteiger charge is 2.35. The van der Waals surface area contributed by atoms with E-state index < -0.39 is 27.4 Å². The van der Waals surface area contributed by atoms with Crippen LogP contribution < -0.4 is 5.73 Å². The predicted molar refractivity (Wildman–Crippen MR) is 51.0 cm³/mol. The summed E-state index contributed by atoms with van der Waals surface area (Å²) in [7, 11) is 0. The fourth-order valence-electron chi connectivity index (χ4n) is 1.15. The molecule has 4 nitrogen and oxygen atoms in total. The number of nitro benzene ring substituents is 1. The largest absolute Gasteiger partial charge is 0.418 e. The van der Waals surface area contributed by atoms with Crippen LogP contribution in [0.1, 0.15) is 11.1 Å². The van der Waals surface area contributed by atoms with E-state index in [1.807, 2.05) is 0 Å². The standard InChI is InChI=1S/C8H6ClF3N2O2/c9-6-1-4(3-13)7(14(15)16)2-5(6)8(10,11)12/h1-2H,3,13H2. The molecule has 0 atom stereocenters. The first kappa shape index (κ1) is 12.7. The molecule has 0 aliphatic heterocycles. The first-order valence-corrected chi connectivity index (χ1v) is 4.39. The molecule has 88 valence electrons. The molecule has 0 unspecified atom stereocenters. The van der Waals surface area contributed by atoms with Crippen LogP contribution in [0.25, 0.3) is 0 Å². The van der Waals surface area contributed by atoms with Gasteiger partial charge >= 0.3 is 6.18 Å². The molecule has 0 aromatic heterocycles. The molecule has 0 amide bonds. The van der Waals surface area contributed by atoms with E-state index in [1.165, 1.54) is 0 Å². The Bertz CT molecular complexity index is 434. The Hall–Kier alpha value is -1.34. The van der Waals surface area contributed by atoms with E-state index in [2.05, 4.69) is 0 Å². The SMILES string of the molecule is NCc1cc(Cl)c(C(F)(F)F)cc1[N+](=O)[O-]. The van der Waals surface area contributed by atoms with Crippen molar-refractivity contribution in [2.45, 2.75) is 12.7 Å². The molecular formula is C8H6ClF3N2O2. The Balaban J connectivity index is 3.45. The third kappa shape index (κ3) is 2.42. The number of nitrogens with zero attached hydrogens (tertiary/aromatic N) is 1. The molecule has 0 fully saturated rings. The van der Waals surface area contributed by atoms with E-state index in [-0.39, 0.29) is 12.1 Å². The van der Waals surface area contributed by atoms with Crippen molar-refractivity contribution in [3.05, 3.63) is 38.4 Å². The van der Waals surface area contributed by atoms with Crippen LogP contribution in [0, 0.1) is 10.1 Å². The van der Waals surface area contributed by atoms with Gasteiger partial charge in [0.15, 0.2) is 0 Å². The zero-order chi connectivity index (χ0) is 12.5. The zero-order valence-corrected chi connectivity index (χ0v) is 8.47. The van der Waals surface area contributed by atoms with Crippen LogP contribution in [0.5, 0.6) is 0 Å². The predicted octanol–water partition coefficient (Wildman–Crippen LogP) is 2.73. The number of benzene rings is 1. The first-order chi connectivity index (χ1) is 7.27. The molecule has 16 heavy (non-hydrogen) atoms. The van der Waals surface area contributed by atoms with E-state index in [1.54, 1.807) is 0 Å². The van der Waals surface area contributed by atoms with Crippen LogP contribution in [-0.2, 0) is 12.7 Å². The summed E-state index contributed by atoms with van der Waals surface area (Å²) in [4.78, 5) is 9.59. The number of alkyl halides is 3. The molecule has 0 radical (unpaired) electrons. The molecule has 0 bridgehead atoms. The Morgan fingerprint density at radius 2 is 2.00 bits per heavy atom. The lowest BCUT2D eigenvalue weighted by atomic mass is 10.1. The van der Waals surface area contributed by atoms with E-state index in [0.29, 0.717) is 6.07 Å². The summed E-state index contributed by atoms with van der Waals surface area (Å²) < 4.78 is 37.2. The van der Waals surface area contributed by atoms with Crippen molar-refractivity contribution in [3.63, 3.8) is 0 Å². The second-order valence-electron chi connectivity index (χ2n) is 2.92. The Morgan fingerprint density at radius 3 is 2.38 bits per heavy atom. The summed E-state index contributed by atoms with van der Waals surface area (Å²) >= 11 is 5.37. The van der Waals surface area contributed by atoms with Crippen LogP contribution in [0.4, 0.5) is 18.9 Å². The van der Waals surface area contributed by atoms with E-state index >= 15 is 0 Å². The summed E-state index contributed by atoms with van der Waals surface area (Å²) in [5.41, 5.74) is 3.21. The van der Waals surface area contributed by atoms with Gasteiger partial charge in [-0.2, -0.15) is 13.2 Å². The van der Waals surface area contributed by atoms with Crippen LogP contribution >= 0.6 is 11.6 Å². The van der Waals surface area contributed by atoms with Crippen molar-refractivity contribution in [1.29, 1.82) is 0 Å². The maximum absolute atomic E-state index is 12.4. The third-order valence-electron chi connectivity index (χ3n) is 1.89. The first-order valence-electron chi connectivity index (χ1n) is 4.01. The van der Waals surface area contributed by atoms with Crippen LogP contribution in [0.15, 0.2) is 12.1 Å². The maximum atomic E-state index is 12.4. The minimum Gasteiger partial charge on any atom is -0.326 e. The number of nitrogens with two attached hydrogens (primary N) is 1. The summed E-state index contributed by atoms with van der Waals surface area (Å²) in [6, 6.07) is 1.26. The highest BCUT2D eigenvalue weighted by atomic mass is 35.5. The molecule has 1 aromatic rings. The van der Waals surface area contributed by atoms with Gasteiger partial charge in [0, 0.05) is 18.2 Å². The highest BCUT2D eigenvalue weighted by molar-refractivity contribution is 6.31. The average molecular weight is 255 g/mol. The average Bonchev–Trinajstić information content (AvgIpc) is 2.14. The lowest BCUT2D eigenvalue weighted by Crippen LogP contribution is -2.09. The van der Waals surface area contributed by atoms with Gasteiger partial charge in [0.25, 0.3) is 5.69 Å². The second-order valence-corrected chi connectivity index (χ2v) is 3.33. The van der Waals surface area contributed by atoms with Gasteiger partial charge in [-0.15, -0.1) is 0 Å². The fraction of sp³-hybridized carbons (Fsp3) is 0.250. The topological polar surface area (TPSA) is 69.2 Å². The van der Waals surface area contributed by atoms with Gasteiger partial charge < -0.3 is 5.73 Å². The summed E-state index contributed by atoms with van der Waals surface area (Å²) in [6.07, 6.45) is -4.73. The molecule has 0 saturated heterocycles. The smallest absolute Gasteiger partial charge is 0.326 e. The zero-order valence-electron chi connectivity index (χ0n) is 7.71.